The molecule has 0 aliphatic carbocycles. The second-order valence-corrected chi connectivity index (χ2v) is 4.32. The average Bonchev–Trinajstić information content (AvgIpc) is 2.45. The molecule has 0 bridgehead atoms. The predicted molar refractivity (Wildman–Crippen MR) is 78.2 cm³/mol. The van der Waals surface area contributed by atoms with Crippen molar-refractivity contribution in [3.8, 4) is 17.6 Å². The van der Waals surface area contributed by atoms with E-state index >= 15 is 0 Å². The van der Waals surface area contributed by atoms with E-state index in [0.29, 0.717) is 18.2 Å². The Balaban J connectivity index is 1.99. The Labute approximate surface area is 118 Å². The van der Waals surface area contributed by atoms with Crippen molar-refractivity contribution in [2.24, 2.45) is 5.73 Å². The fraction of sp³-hybridized carbons (Fsp3) is 0.125. The fourth-order valence-corrected chi connectivity index (χ4v) is 1.75. The lowest BCUT2D eigenvalue weighted by Crippen LogP contribution is -1.96. The Morgan fingerprint density at radius 2 is 1.79 bits per heavy atom. The highest BCUT2D eigenvalue weighted by Crippen LogP contribution is 2.18. The molecule has 0 saturated heterocycles. The summed E-state index contributed by atoms with van der Waals surface area (Å²) in [5.41, 5.74) is 7.22. The van der Waals surface area contributed by atoms with Crippen molar-refractivity contribution in [3.05, 3.63) is 64.7 Å². The molecule has 2 aromatic carbocycles. The number of benzene rings is 2. The molecule has 0 amide bonds. The molecule has 0 fully saturated rings. The van der Waals surface area contributed by atoms with Crippen LogP contribution in [0.5, 0.6) is 5.75 Å². The second-order valence-electron chi connectivity index (χ2n) is 3.91. The molecule has 2 aromatic rings. The highest BCUT2D eigenvalue weighted by Gasteiger charge is 2.00. The van der Waals surface area contributed by atoms with Gasteiger partial charge in [0.05, 0.1) is 6.54 Å². The van der Waals surface area contributed by atoms with Crippen LogP contribution in [0.25, 0.3) is 0 Å². The number of halogens is 1. The molecule has 0 aliphatic rings. The van der Waals surface area contributed by atoms with Gasteiger partial charge in [-0.15, -0.1) is 0 Å². The molecule has 0 atom stereocenters. The monoisotopic (exact) mass is 271 g/mol. The molecule has 2 rings (SSSR count). The zero-order valence-electron chi connectivity index (χ0n) is 10.4. The summed E-state index contributed by atoms with van der Waals surface area (Å²) in [4.78, 5) is 0. The van der Waals surface area contributed by atoms with Gasteiger partial charge in [0, 0.05) is 16.1 Å². The summed E-state index contributed by atoms with van der Waals surface area (Å²) in [6.07, 6.45) is 0. The lowest BCUT2D eigenvalue weighted by atomic mass is 10.2. The van der Waals surface area contributed by atoms with E-state index in [0.717, 1.165) is 16.9 Å². The molecular weight excluding hydrogens is 258 g/mol. The van der Waals surface area contributed by atoms with Crippen molar-refractivity contribution < 1.29 is 4.74 Å². The maximum absolute atomic E-state index is 6.06. The standard InChI is InChI=1S/C16H14ClNO/c17-16-6-2-1-5-14(16)12-19-15-9-7-13(8-10-15)4-3-11-18/h1-2,5-10H,11-12,18H2. The Hall–Kier alpha value is -1.95. The Morgan fingerprint density at radius 1 is 1.05 bits per heavy atom. The van der Waals surface area contributed by atoms with Crippen molar-refractivity contribution in [3.63, 3.8) is 0 Å². The third-order valence-electron chi connectivity index (χ3n) is 2.54. The van der Waals surface area contributed by atoms with Crippen LogP contribution in [0.4, 0.5) is 0 Å². The van der Waals surface area contributed by atoms with E-state index < -0.39 is 0 Å². The van der Waals surface area contributed by atoms with Crippen LogP contribution in [0.1, 0.15) is 11.1 Å². The van der Waals surface area contributed by atoms with E-state index in [9.17, 15) is 0 Å². The fourth-order valence-electron chi connectivity index (χ4n) is 1.56. The summed E-state index contributed by atoms with van der Waals surface area (Å²) in [6.45, 7) is 0.818. The number of hydrogen-bond donors (Lipinski definition) is 1. The molecule has 0 spiro atoms. The molecule has 2 nitrogen and oxygen atoms in total. The first kappa shape index (κ1) is 13.5. The van der Waals surface area contributed by atoms with Crippen molar-refractivity contribution in [2.75, 3.05) is 6.54 Å². The van der Waals surface area contributed by atoms with Gasteiger partial charge in [0.1, 0.15) is 12.4 Å². The van der Waals surface area contributed by atoms with E-state index in [1.165, 1.54) is 0 Å². The van der Waals surface area contributed by atoms with E-state index in [-0.39, 0.29) is 0 Å². The first-order valence-corrected chi connectivity index (χ1v) is 6.32. The summed E-state index contributed by atoms with van der Waals surface area (Å²) in [6, 6.07) is 15.2. The van der Waals surface area contributed by atoms with Crippen LogP contribution in [0.3, 0.4) is 0 Å². The Kier molecular flexibility index (Phi) is 4.85. The summed E-state index contributed by atoms with van der Waals surface area (Å²) < 4.78 is 5.68. The number of rotatable bonds is 3. The minimum atomic E-state index is 0.366. The highest BCUT2D eigenvalue weighted by atomic mass is 35.5. The molecule has 3 heteroatoms. The molecular formula is C16H14ClNO. The van der Waals surface area contributed by atoms with Crippen LogP contribution < -0.4 is 10.5 Å². The lowest BCUT2D eigenvalue weighted by molar-refractivity contribution is 0.306. The Bertz CT molecular complexity index is 596. The minimum Gasteiger partial charge on any atom is -0.489 e. The highest BCUT2D eigenvalue weighted by molar-refractivity contribution is 6.31. The van der Waals surface area contributed by atoms with Gasteiger partial charge in [-0.25, -0.2) is 0 Å². The maximum atomic E-state index is 6.06. The Morgan fingerprint density at radius 3 is 2.47 bits per heavy atom. The average molecular weight is 272 g/mol. The van der Waals surface area contributed by atoms with Crippen LogP contribution in [-0.2, 0) is 6.61 Å². The van der Waals surface area contributed by atoms with Crippen LogP contribution in [-0.4, -0.2) is 6.54 Å². The predicted octanol–water partition coefficient (Wildman–Crippen LogP) is 3.23. The third kappa shape index (κ3) is 4.03. The molecule has 2 N–H and O–H groups in total. The topological polar surface area (TPSA) is 35.2 Å². The van der Waals surface area contributed by atoms with Gasteiger partial charge >= 0.3 is 0 Å². The van der Waals surface area contributed by atoms with E-state index in [4.69, 9.17) is 22.1 Å². The molecule has 0 saturated carbocycles. The zero-order valence-corrected chi connectivity index (χ0v) is 11.2. The van der Waals surface area contributed by atoms with Gasteiger partial charge in [0.15, 0.2) is 0 Å². The van der Waals surface area contributed by atoms with Gasteiger partial charge in [0.2, 0.25) is 0 Å². The van der Waals surface area contributed by atoms with Gasteiger partial charge < -0.3 is 10.5 Å². The van der Waals surface area contributed by atoms with E-state index in [2.05, 4.69) is 11.8 Å². The summed E-state index contributed by atoms with van der Waals surface area (Å²) >= 11 is 6.06. The maximum Gasteiger partial charge on any atom is 0.119 e. The molecule has 0 aliphatic heterocycles. The molecule has 0 aromatic heterocycles. The molecule has 0 unspecified atom stereocenters. The van der Waals surface area contributed by atoms with Crippen LogP contribution >= 0.6 is 11.6 Å². The van der Waals surface area contributed by atoms with Crippen LogP contribution in [0, 0.1) is 11.8 Å². The zero-order chi connectivity index (χ0) is 13.5. The second kappa shape index (κ2) is 6.84. The molecule has 0 radical (unpaired) electrons. The smallest absolute Gasteiger partial charge is 0.119 e. The summed E-state index contributed by atoms with van der Waals surface area (Å²) in [7, 11) is 0. The van der Waals surface area contributed by atoms with Gasteiger partial charge in [0.25, 0.3) is 0 Å². The SMILES string of the molecule is NCC#Cc1ccc(OCc2ccccc2Cl)cc1. The van der Waals surface area contributed by atoms with E-state index in [1.54, 1.807) is 0 Å². The number of nitrogens with two attached hydrogens (primary N) is 1. The first-order valence-electron chi connectivity index (χ1n) is 5.95. The minimum absolute atomic E-state index is 0.366. The van der Waals surface area contributed by atoms with Crippen LogP contribution in [0.15, 0.2) is 48.5 Å². The third-order valence-corrected chi connectivity index (χ3v) is 2.91. The van der Waals surface area contributed by atoms with E-state index in [1.807, 2.05) is 48.5 Å². The van der Waals surface area contributed by atoms with Crippen molar-refractivity contribution in [2.45, 2.75) is 6.61 Å². The van der Waals surface area contributed by atoms with Crippen molar-refractivity contribution in [1.82, 2.24) is 0 Å². The summed E-state index contributed by atoms with van der Waals surface area (Å²) in [5, 5.41) is 0.716. The van der Waals surface area contributed by atoms with Gasteiger partial charge in [-0.3, -0.25) is 0 Å². The van der Waals surface area contributed by atoms with Gasteiger partial charge in [-0.2, -0.15) is 0 Å². The number of ether oxygens (including phenoxy) is 1. The van der Waals surface area contributed by atoms with Crippen molar-refractivity contribution in [1.29, 1.82) is 0 Å². The lowest BCUT2D eigenvalue weighted by Gasteiger charge is -2.07. The first-order chi connectivity index (χ1) is 9.29. The quantitative estimate of drug-likeness (QED) is 0.870. The van der Waals surface area contributed by atoms with Crippen molar-refractivity contribution >= 4 is 11.6 Å². The van der Waals surface area contributed by atoms with Gasteiger partial charge in [-0.05, 0) is 30.3 Å². The molecule has 96 valence electrons. The van der Waals surface area contributed by atoms with Gasteiger partial charge in [-0.1, -0.05) is 41.6 Å². The molecule has 0 heterocycles. The summed E-state index contributed by atoms with van der Waals surface area (Å²) in [5.74, 6) is 6.56. The molecule has 19 heavy (non-hydrogen) atoms. The number of hydrogen-bond acceptors (Lipinski definition) is 2. The van der Waals surface area contributed by atoms with Crippen LogP contribution in [0.2, 0.25) is 5.02 Å². The largest absolute Gasteiger partial charge is 0.489 e. The normalized spacial score (nSPS) is 9.58.